The Balaban J connectivity index is 1.59. The van der Waals surface area contributed by atoms with Crippen LogP contribution in [0.15, 0.2) is 89.8 Å². The summed E-state index contributed by atoms with van der Waals surface area (Å²) >= 11 is 0. The van der Waals surface area contributed by atoms with Crippen molar-refractivity contribution < 1.29 is 45.4 Å². The molecule has 1 aliphatic rings. The van der Waals surface area contributed by atoms with Crippen LogP contribution in [0.2, 0.25) is 0 Å². The molecule has 1 aliphatic heterocycles. The number of nitrogens with two attached hydrogens (primary N) is 1. The quantitative estimate of drug-likeness (QED) is 0.0852. The molecule has 0 spiro atoms. The number of amidine groups is 1. The molecule has 4 aromatic carbocycles. The monoisotopic (exact) mass is 725 g/mol. The number of rotatable bonds is 12. The van der Waals surface area contributed by atoms with E-state index < -0.39 is 51.1 Å². The molecule has 1 fully saturated rings. The van der Waals surface area contributed by atoms with Gasteiger partial charge in [0.05, 0.1) is 12.0 Å². The lowest BCUT2D eigenvalue weighted by atomic mass is 10.1. The molecule has 1 unspecified atom stereocenters. The van der Waals surface area contributed by atoms with Gasteiger partial charge in [-0.25, -0.2) is 13.2 Å². The van der Waals surface area contributed by atoms with Crippen LogP contribution in [0.5, 0.6) is 5.75 Å². The fourth-order valence-electron chi connectivity index (χ4n) is 5.61. The molecule has 16 heteroatoms. The average Bonchev–Trinajstić information content (AvgIpc) is 3.44. The summed E-state index contributed by atoms with van der Waals surface area (Å²) in [6.07, 6.45) is -8.62. The smallest absolute Gasteiger partial charge is 0.490 e. The SMILES string of the molecule is COc1ccc2ccc(S(=O)(=O)N(C(OC(=O)C(F)(F)F)C(=O)NCc3ccc(C)cc3)[C@H]3CCN(Cc4cccc(C(=N)N)c4)C3=O)cc2c1. The number of esters is 1. The van der Waals surface area contributed by atoms with Gasteiger partial charge in [-0.15, -0.1) is 4.31 Å². The minimum Gasteiger partial charge on any atom is -0.497 e. The fourth-order valence-corrected chi connectivity index (χ4v) is 7.29. The van der Waals surface area contributed by atoms with Gasteiger partial charge in [0.1, 0.15) is 17.6 Å². The summed E-state index contributed by atoms with van der Waals surface area (Å²) < 4.78 is 80.3. The van der Waals surface area contributed by atoms with Crippen molar-refractivity contribution in [1.82, 2.24) is 14.5 Å². The molecule has 1 heterocycles. The Labute approximate surface area is 291 Å². The molecular weight excluding hydrogens is 691 g/mol. The maximum Gasteiger partial charge on any atom is 0.490 e. The van der Waals surface area contributed by atoms with Crippen LogP contribution in [-0.2, 0) is 42.2 Å². The third kappa shape index (κ3) is 8.29. The van der Waals surface area contributed by atoms with E-state index in [4.69, 9.17) is 15.9 Å². The van der Waals surface area contributed by atoms with Crippen LogP contribution in [0.1, 0.15) is 28.7 Å². The first-order chi connectivity index (χ1) is 24.1. The van der Waals surface area contributed by atoms with Crippen LogP contribution < -0.4 is 15.8 Å². The Morgan fingerprint density at radius 3 is 2.39 bits per heavy atom. The lowest BCUT2D eigenvalue weighted by Crippen LogP contribution is -2.58. The van der Waals surface area contributed by atoms with Crippen LogP contribution in [0.25, 0.3) is 10.8 Å². The molecule has 4 N–H and O–H groups in total. The fraction of sp³-hybridized carbons (Fsp3) is 0.257. The van der Waals surface area contributed by atoms with E-state index in [-0.39, 0.29) is 36.2 Å². The van der Waals surface area contributed by atoms with E-state index >= 15 is 0 Å². The van der Waals surface area contributed by atoms with Crippen molar-refractivity contribution in [3.63, 3.8) is 0 Å². The molecule has 0 saturated carbocycles. The van der Waals surface area contributed by atoms with Crippen molar-refractivity contribution in [2.45, 2.75) is 49.8 Å². The number of aryl methyl sites for hydroxylation is 1. The highest BCUT2D eigenvalue weighted by atomic mass is 32.2. The normalized spacial score (nSPS) is 15.5. The van der Waals surface area contributed by atoms with E-state index in [9.17, 15) is 36.0 Å². The molecule has 0 radical (unpaired) electrons. The topological polar surface area (TPSA) is 172 Å². The number of halogens is 3. The number of sulfonamides is 1. The number of methoxy groups -OCH3 is 1. The van der Waals surface area contributed by atoms with Gasteiger partial charge in [0.2, 0.25) is 22.2 Å². The second-order valence-electron chi connectivity index (χ2n) is 11.8. The van der Waals surface area contributed by atoms with E-state index in [1.807, 2.05) is 6.92 Å². The number of ether oxygens (including phenoxy) is 2. The van der Waals surface area contributed by atoms with Gasteiger partial charge < -0.3 is 25.4 Å². The second-order valence-corrected chi connectivity index (χ2v) is 13.7. The summed E-state index contributed by atoms with van der Waals surface area (Å²) in [6.45, 7) is 1.41. The van der Waals surface area contributed by atoms with Gasteiger partial charge in [0.15, 0.2) is 0 Å². The zero-order valence-corrected chi connectivity index (χ0v) is 28.3. The molecule has 0 bridgehead atoms. The third-order valence-electron chi connectivity index (χ3n) is 8.27. The standard InChI is InChI=1S/C35H34F3N5O7S/c1-21-6-8-22(9-7-21)19-41-31(44)33(50-34(46)35(36,37)38)43(51(47,48)28-13-11-24-10-12-27(49-2)17-26(24)18-28)29-14-15-42(32(29)45)20-23-4-3-5-25(16-23)30(39)40/h3-13,16-18,29,33H,14-15,19-20H2,1-2H3,(H3,39,40)(H,41,44)/t29-,33?/m0/s1. The number of fused-ring (bicyclic) bond motifs is 1. The highest BCUT2D eigenvalue weighted by Crippen LogP contribution is 2.32. The van der Waals surface area contributed by atoms with Crippen molar-refractivity contribution in [2.75, 3.05) is 13.7 Å². The molecule has 2 amide bonds. The number of hydrogen-bond donors (Lipinski definition) is 3. The predicted molar refractivity (Wildman–Crippen MR) is 180 cm³/mol. The maximum atomic E-state index is 14.6. The minimum absolute atomic E-state index is 0.0698. The molecule has 1 saturated heterocycles. The minimum atomic E-state index is -5.61. The second kappa shape index (κ2) is 14.8. The number of likely N-dealkylation sites (tertiary alicyclic amines) is 1. The lowest BCUT2D eigenvalue weighted by molar-refractivity contribution is -0.211. The molecular formula is C35H34F3N5O7S. The van der Waals surface area contributed by atoms with E-state index in [0.29, 0.717) is 33.2 Å². The number of alkyl halides is 3. The van der Waals surface area contributed by atoms with Gasteiger partial charge in [0.25, 0.3) is 5.91 Å². The first-order valence-electron chi connectivity index (χ1n) is 15.5. The van der Waals surface area contributed by atoms with Crippen LogP contribution in [0, 0.1) is 12.3 Å². The Morgan fingerprint density at radius 2 is 1.73 bits per heavy atom. The van der Waals surface area contributed by atoms with Crippen LogP contribution in [0.3, 0.4) is 0 Å². The van der Waals surface area contributed by atoms with Gasteiger partial charge in [-0.3, -0.25) is 15.0 Å². The first kappa shape index (κ1) is 36.8. The number of nitrogen functional groups attached to an aromatic ring is 1. The number of nitrogens with one attached hydrogen (secondary N) is 2. The van der Waals surface area contributed by atoms with Crippen molar-refractivity contribution in [3.05, 3.63) is 107 Å². The number of hydrogen-bond acceptors (Lipinski definition) is 8. The summed E-state index contributed by atoms with van der Waals surface area (Å²) in [7, 11) is -3.66. The van der Waals surface area contributed by atoms with Crippen molar-refractivity contribution in [3.8, 4) is 5.75 Å². The molecule has 12 nitrogen and oxygen atoms in total. The maximum absolute atomic E-state index is 14.6. The number of amides is 2. The molecule has 0 aromatic heterocycles. The highest BCUT2D eigenvalue weighted by molar-refractivity contribution is 7.89. The van der Waals surface area contributed by atoms with Crippen LogP contribution >= 0.6 is 0 Å². The van der Waals surface area contributed by atoms with Crippen molar-refractivity contribution in [2.24, 2.45) is 5.73 Å². The summed E-state index contributed by atoms with van der Waals surface area (Å²) in [5, 5.41) is 11.0. The largest absolute Gasteiger partial charge is 0.497 e. The summed E-state index contributed by atoms with van der Waals surface area (Å²) in [5.41, 5.74) is 7.91. The van der Waals surface area contributed by atoms with Crippen molar-refractivity contribution in [1.29, 1.82) is 5.41 Å². The Bertz CT molecular complexity index is 2090. The molecule has 268 valence electrons. The van der Waals surface area contributed by atoms with Gasteiger partial charge in [-0.05, 0) is 65.6 Å². The summed E-state index contributed by atoms with van der Waals surface area (Å²) in [6, 6.07) is 20.1. The highest BCUT2D eigenvalue weighted by Gasteiger charge is 2.52. The average molecular weight is 726 g/mol. The Hall–Kier alpha value is -5.48. The predicted octanol–water partition coefficient (Wildman–Crippen LogP) is 3.98. The van der Waals surface area contributed by atoms with E-state index in [0.717, 1.165) is 5.56 Å². The summed E-state index contributed by atoms with van der Waals surface area (Å²) in [5.74, 6) is -4.92. The molecule has 2 atom stereocenters. The van der Waals surface area contributed by atoms with E-state index in [1.165, 1.54) is 36.3 Å². The molecule has 51 heavy (non-hydrogen) atoms. The molecule has 5 rings (SSSR count). The number of carbonyl (C=O) groups is 3. The number of benzene rings is 4. The van der Waals surface area contributed by atoms with E-state index in [2.05, 4.69) is 10.1 Å². The zero-order chi connectivity index (χ0) is 37.1. The molecule has 4 aromatic rings. The van der Waals surface area contributed by atoms with E-state index in [1.54, 1.807) is 60.7 Å². The first-order valence-corrected chi connectivity index (χ1v) is 17.0. The molecule has 0 aliphatic carbocycles. The number of nitrogens with zero attached hydrogens (tertiary/aromatic N) is 2. The summed E-state index contributed by atoms with van der Waals surface area (Å²) in [4.78, 5) is 40.8. The third-order valence-corrected chi connectivity index (χ3v) is 10.1. The van der Waals surface area contributed by atoms with Gasteiger partial charge in [-0.1, -0.05) is 60.2 Å². The van der Waals surface area contributed by atoms with Gasteiger partial charge in [0, 0.05) is 25.2 Å². The zero-order valence-electron chi connectivity index (χ0n) is 27.4. The Morgan fingerprint density at radius 1 is 1.02 bits per heavy atom. The van der Waals surface area contributed by atoms with Gasteiger partial charge >= 0.3 is 12.1 Å². The van der Waals surface area contributed by atoms with Crippen LogP contribution in [0.4, 0.5) is 13.2 Å². The van der Waals surface area contributed by atoms with Gasteiger partial charge in [-0.2, -0.15) is 13.2 Å². The Kier molecular flexibility index (Phi) is 10.7. The van der Waals surface area contributed by atoms with Crippen molar-refractivity contribution >= 4 is 44.4 Å². The van der Waals surface area contributed by atoms with Crippen LogP contribution in [-0.4, -0.2) is 73.3 Å². The number of carbonyl (C=O) groups excluding carboxylic acids is 3. The lowest BCUT2D eigenvalue weighted by Gasteiger charge is -2.33.